The van der Waals surface area contributed by atoms with Gasteiger partial charge in [0, 0.05) is 13.1 Å². The van der Waals surface area contributed by atoms with Gasteiger partial charge in [0.05, 0.1) is 18.8 Å². The molecule has 1 aliphatic rings. The van der Waals surface area contributed by atoms with Gasteiger partial charge in [-0.2, -0.15) is 0 Å². The minimum Gasteiger partial charge on any atom is -0.391 e. The van der Waals surface area contributed by atoms with Gasteiger partial charge < -0.3 is 9.84 Å². The maximum Gasteiger partial charge on any atom is 0.0967 e. The molecule has 3 nitrogen and oxygen atoms in total. The van der Waals surface area contributed by atoms with Gasteiger partial charge in [-0.1, -0.05) is 11.9 Å². The van der Waals surface area contributed by atoms with Crippen molar-refractivity contribution in [2.24, 2.45) is 0 Å². The smallest absolute Gasteiger partial charge is 0.0967 e. The lowest BCUT2D eigenvalue weighted by molar-refractivity contribution is -0.0625. The molecule has 0 aromatic carbocycles. The first-order chi connectivity index (χ1) is 5.24. The number of rotatable bonds is 2. The fourth-order valence-corrected chi connectivity index (χ4v) is 1.66. The quantitative estimate of drug-likeness (QED) is 0.617. The van der Waals surface area contributed by atoms with E-state index in [9.17, 15) is 5.11 Å². The van der Waals surface area contributed by atoms with Gasteiger partial charge in [-0.15, -0.1) is 0 Å². The summed E-state index contributed by atoms with van der Waals surface area (Å²) >= 11 is 1.71. The molecule has 1 heterocycles. The standard InChI is InChI=1S/C7H15NO2S/c1-6(9)7-5-8(11-2)3-4-10-7/h6-7,9H,3-5H2,1-2H3/t6-,7-/m1/s1. The number of aliphatic hydroxyl groups excluding tert-OH is 1. The molecule has 1 saturated heterocycles. The molecular formula is C7H15NO2S. The second-order valence-electron chi connectivity index (χ2n) is 2.72. The molecule has 1 fully saturated rings. The Morgan fingerprint density at radius 2 is 2.45 bits per heavy atom. The van der Waals surface area contributed by atoms with Crippen LogP contribution in [0.4, 0.5) is 0 Å². The molecule has 0 saturated carbocycles. The van der Waals surface area contributed by atoms with E-state index in [1.165, 1.54) is 0 Å². The summed E-state index contributed by atoms with van der Waals surface area (Å²) in [7, 11) is 0. The van der Waals surface area contributed by atoms with Gasteiger partial charge in [0.1, 0.15) is 0 Å². The number of hydrogen-bond acceptors (Lipinski definition) is 4. The Kier molecular flexibility index (Phi) is 3.65. The predicted octanol–water partition coefficient (Wildman–Crippen LogP) is 0.346. The first-order valence-electron chi connectivity index (χ1n) is 3.82. The Morgan fingerprint density at radius 1 is 1.73 bits per heavy atom. The van der Waals surface area contributed by atoms with Crippen molar-refractivity contribution in [1.82, 2.24) is 4.31 Å². The molecule has 0 amide bonds. The summed E-state index contributed by atoms with van der Waals surface area (Å²) < 4.78 is 7.58. The summed E-state index contributed by atoms with van der Waals surface area (Å²) in [5.74, 6) is 0. The molecule has 0 unspecified atom stereocenters. The van der Waals surface area contributed by atoms with Gasteiger partial charge in [-0.25, -0.2) is 4.31 Å². The third-order valence-electron chi connectivity index (χ3n) is 1.85. The molecule has 1 N–H and O–H groups in total. The van der Waals surface area contributed by atoms with Crippen LogP contribution in [0.15, 0.2) is 0 Å². The van der Waals surface area contributed by atoms with Crippen LogP contribution < -0.4 is 0 Å². The van der Waals surface area contributed by atoms with Gasteiger partial charge in [-0.05, 0) is 13.2 Å². The van der Waals surface area contributed by atoms with Crippen LogP contribution in [0.2, 0.25) is 0 Å². The maximum absolute atomic E-state index is 9.23. The van der Waals surface area contributed by atoms with E-state index >= 15 is 0 Å². The zero-order valence-corrected chi connectivity index (χ0v) is 7.80. The van der Waals surface area contributed by atoms with Gasteiger partial charge in [0.15, 0.2) is 0 Å². The van der Waals surface area contributed by atoms with E-state index in [0.29, 0.717) is 0 Å². The van der Waals surface area contributed by atoms with E-state index in [2.05, 4.69) is 4.31 Å². The van der Waals surface area contributed by atoms with E-state index < -0.39 is 0 Å². The predicted molar refractivity (Wildman–Crippen MR) is 46.5 cm³/mol. The van der Waals surface area contributed by atoms with Crippen LogP contribution in [0.3, 0.4) is 0 Å². The average molecular weight is 177 g/mol. The summed E-state index contributed by atoms with van der Waals surface area (Å²) in [6.45, 7) is 4.30. The number of hydrogen-bond donors (Lipinski definition) is 1. The van der Waals surface area contributed by atoms with Gasteiger partial charge in [0.2, 0.25) is 0 Å². The van der Waals surface area contributed by atoms with Crippen LogP contribution in [0, 0.1) is 0 Å². The van der Waals surface area contributed by atoms with E-state index in [0.717, 1.165) is 19.7 Å². The Morgan fingerprint density at radius 3 is 3.00 bits per heavy atom. The molecule has 0 radical (unpaired) electrons. The maximum atomic E-state index is 9.23. The SMILES string of the molecule is CSN1CCO[C@@H]([C@@H](C)O)C1. The van der Waals surface area contributed by atoms with Crippen LogP contribution in [-0.2, 0) is 4.74 Å². The van der Waals surface area contributed by atoms with Crippen molar-refractivity contribution in [1.29, 1.82) is 0 Å². The third kappa shape index (κ3) is 2.63. The van der Waals surface area contributed by atoms with Crippen molar-refractivity contribution in [3.8, 4) is 0 Å². The lowest BCUT2D eigenvalue weighted by Crippen LogP contribution is -2.43. The van der Waals surface area contributed by atoms with Crippen molar-refractivity contribution in [2.45, 2.75) is 19.1 Å². The molecule has 66 valence electrons. The van der Waals surface area contributed by atoms with Crippen molar-refractivity contribution >= 4 is 11.9 Å². The van der Waals surface area contributed by atoms with E-state index in [1.807, 2.05) is 6.26 Å². The summed E-state index contributed by atoms with van der Waals surface area (Å²) in [5, 5.41) is 9.23. The van der Waals surface area contributed by atoms with Crippen LogP contribution in [0.5, 0.6) is 0 Å². The van der Waals surface area contributed by atoms with Crippen LogP contribution in [0.1, 0.15) is 6.92 Å². The van der Waals surface area contributed by atoms with Crippen LogP contribution in [0.25, 0.3) is 0 Å². The Bertz CT molecular complexity index is 121. The molecule has 2 atom stereocenters. The highest BCUT2D eigenvalue weighted by Crippen LogP contribution is 2.14. The Hall–Kier alpha value is 0.230. The van der Waals surface area contributed by atoms with Crippen molar-refractivity contribution in [2.75, 3.05) is 26.0 Å². The van der Waals surface area contributed by atoms with Gasteiger partial charge in [0.25, 0.3) is 0 Å². The second-order valence-corrected chi connectivity index (χ2v) is 3.60. The number of nitrogens with zero attached hydrogens (tertiary/aromatic N) is 1. The Labute approximate surface area is 71.8 Å². The third-order valence-corrected chi connectivity index (χ3v) is 2.70. The molecule has 0 bridgehead atoms. The van der Waals surface area contributed by atoms with E-state index in [4.69, 9.17) is 4.74 Å². The summed E-state index contributed by atoms with van der Waals surface area (Å²) in [6, 6.07) is 0. The largest absolute Gasteiger partial charge is 0.391 e. The molecule has 1 aliphatic heterocycles. The lowest BCUT2D eigenvalue weighted by atomic mass is 10.2. The summed E-state index contributed by atoms with van der Waals surface area (Å²) in [4.78, 5) is 0. The highest BCUT2D eigenvalue weighted by molar-refractivity contribution is 7.96. The lowest BCUT2D eigenvalue weighted by Gasteiger charge is -2.32. The fourth-order valence-electron chi connectivity index (χ4n) is 1.11. The molecule has 0 spiro atoms. The minimum atomic E-state index is -0.357. The molecular weight excluding hydrogens is 162 g/mol. The zero-order chi connectivity index (χ0) is 8.27. The topological polar surface area (TPSA) is 32.7 Å². The molecule has 4 heteroatoms. The fraction of sp³-hybridized carbons (Fsp3) is 1.00. The number of morpholine rings is 1. The van der Waals surface area contributed by atoms with Crippen molar-refractivity contribution in [3.63, 3.8) is 0 Å². The average Bonchev–Trinajstić information content (AvgIpc) is 2.05. The zero-order valence-electron chi connectivity index (χ0n) is 6.99. The second kappa shape index (κ2) is 4.30. The van der Waals surface area contributed by atoms with Gasteiger partial charge in [-0.3, -0.25) is 0 Å². The Balaban J connectivity index is 2.33. The number of ether oxygens (including phenoxy) is 1. The molecule has 11 heavy (non-hydrogen) atoms. The summed E-state index contributed by atoms with van der Waals surface area (Å²) in [5.41, 5.74) is 0. The minimum absolute atomic E-state index is 0.00352. The van der Waals surface area contributed by atoms with Crippen molar-refractivity contribution in [3.05, 3.63) is 0 Å². The summed E-state index contributed by atoms with van der Waals surface area (Å²) in [6.07, 6.45) is 1.69. The molecule has 0 aromatic heterocycles. The molecule has 1 rings (SSSR count). The highest BCUT2D eigenvalue weighted by Gasteiger charge is 2.23. The highest BCUT2D eigenvalue weighted by atomic mass is 32.2. The molecule has 0 aromatic rings. The normalized spacial score (nSPS) is 30.3. The first kappa shape index (κ1) is 9.32. The van der Waals surface area contributed by atoms with Crippen LogP contribution >= 0.6 is 11.9 Å². The first-order valence-corrected chi connectivity index (χ1v) is 5.01. The number of aliphatic hydroxyl groups is 1. The van der Waals surface area contributed by atoms with Crippen molar-refractivity contribution < 1.29 is 9.84 Å². The monoisotopic (exact) mass is 177 g/mol. The van der Waals surface area contributed by atoms with E-state index in [-0.39, 0.29) is 12.2 Å². The van der Waals surface area contributed by atoms with E-state index in [1.54, 1.807) is 18.9 Å². The van der Waals surface area contributed by atoms with Crippen LogP contribution in [-0.4, -0.2) is 47.6 Å². The van der Waals surface area contributed by atoms with Gasteiger partial charge >= 0.3 is 0 Å². The molecule has 0 aliphatic carbocycles.